The van der Waals surface area contributed by atoms with E-state index >= 15 is 0 Å². The molecule has 0 amide bonds. The summed E-state index contributed by atoms with van der Waals surface area (Å²) in [7, 11) is -4.06. The molecule has 1 fully saturated rings. The van der Waals surface area contributed by atoms with Crippen LogP contribution in [-0.2, 0) is 10.0 Å². The number of hydrogen-bond donors (Lipinski definition) is 1. The number of likely N-dealkylation sites (N-methyl/N-ethyl adjacent to an activating group) is 1. The third-order valence-corrected chi connectivity index (χ3v) is 5.69. The average molecular weight is 347 g/mol. The molecule has 0 aromatic heterocycles. The number of rotatable bonds is 6. The highest BCUT2D eigenvalue weighted by molar-refractivity contribution is 7.89. The Morgan fingerprint density at radius 2 is 1.87 bits per heavy atom. The first-order valence-corrected chi connectivity index (χ1v) is 9.23. The molecule has 1 unspecified atom stereocenters. The number of halogens is 2. The monoisotopic (exact) mass is 347 g/mol. The van der Waals surface area contributed by atoms with Crippen LogP contribution in [-0.4, -0.2) is 63.5 Å². The number of nitrogens with zero attached hydrogens (tertiary/aromatic N) is 2. The van der Waals surface area contributed by atoms with Crippen molar-refractivity contribution in [1.29, 1.82) is 0 Å². The maximum atomic E-state index is 13.6. The molecule has 1 aromatic carbocycles. The van der Waals surface area contributed by atoms with Gasteiger partial charge in [-0.05, 0) is 25.6 Å². The SMILES string of the molecule is CCN1CCN(C(C)CNS(=O)(=O)c2cccc(F)c2F)CC1. The molecule has 130 valence electrons. The van der Waals surface area contributed by atoms with Crippen molar-refractivity contribution in [3.8, 4) is 0 Å². The van der Waals surface area contributed by atoms with Crippen LogP contribution >= 0.6 is 0 Å². The van der Waals surface area contributed by atoms with E-state index in [1.54, 1.807) is 0 Å². The smallest absolute Gasteiger partial charge is 0.243 e. The van der Waals surface area contributed by atoms with Crippen LogP contribution in [0.5, 0.6) is 0 Å². The quantitative estimate of drug-likeness (QED) is 0.842. The number of sulfonamides is 1. The number of nitrogens with one attached hydrogen (secondary N) is 1. The molecule has 1 aliphatic heterocycles. The Hall–Kier alpha value is -1.09. The highest BCUT2D eigenvalue weighted by Gasteiger charge is 2.24. The van der Waals surface area contributed by atoms with Gasteiger partial charge in [0.05, 0.1) is 0 Å². The van der Waals surface area contributed by atoms with Crippen LogP contribution in [0.15, 0.2) is 23.1 Å². The first-order valence-electron chi connectivity index (χ1n) is 7.75. The van der Waals surface area contributed by atoms with Gasteiger partial charge in [-0.2, -0.15) is 0 Å². The summed E-state index contributed by atoms with van der Waals surface area (Å²) >= 11 is 0. The molecule has 1 atom stereocenters. The largest absolute Gasteiger partial charge is 0.301 e. The number of benzene rings is 1. The third kappa shape index (κ3) is 4.47. The van der Waals surface area contributed by atoms with E-state index in [1.807, 2.05) is 6.92 Å². The van der Waals surface area contributed by atoms with Crippen molar-refractivity contribution in [2.75, 3.05) is 39.3 Å². The normalized spacial score (nSPS) is 19.0. The van der Waals surface area contributed by atoms with E-state index in [9.17, 15) is 17.2 Å². The van der Waals surface area contributed by atoms with Crippen LogP contribution in [0.2, 0.25) is 0 Å². The highest BCUT2D eigenvalue weighted by Crippen LogP contribution is 2.17. The molecule has 1 heterocycles. The standard InChI is InChI=1S/C15H23F2N3O2S/c1-3-19-7-9-20(10-8-19)12(2)11-18-23(21,22)14-6-4-5-13(16)15(14)17/h4-6,12,18H,3,7-11H2,1-2H3. The molecule has 2 rings (SSSR count). The fourth-order valence-electron chi connectivity index (χ4n) is 2.65. The minimum atomic E-state index is -4.06. The van der Waals surface area contributed by atoms with Crippen LogP contribution in [0.25, 0.3) is 0 Å². The molecular weight excluding hydrogens is 324 g/mol. The van der Waals surface area contributed by atoms with Gasteiger partial charge in [0.2, 0.25) is 10.0 Å². The summed E-state index contributed by atoms with van der Waals surface area (Å²) in [6.07, 6.45) is 0. The molecule has 0 radical (unpaired) electrons. The number of piperazine rings is 1. The molecule has 0 saturated carbocycles. The topological polar surface area (TPSA) is 52.6 Å². The van der Waals surface area contributed by atoms with Crippen molar-refractivity contribution < 1.29 is 17.2 Å². The van der Waals surface area contributed by atoms with E-state index < -0.39 is 26.6 Å². The molecule has 0 aliphatic carbocycles. The van der Waals surface area contributed by atoms with Gasteiger partial charge in [0, 0.05) is 38.8 Å². The van der Waals surface area contributed by atoms with Gasteiger partial charge in [-0.15, -0.1) is 0 Å². The van der Waals surface area contributed by atoms with Gasteiger partial charge in [-0.3, -0.25) is 4.90 Å². The van der Waals surface area contributed by atoms with Crippen LogP contribution in [0.4, 0.5) is 8.78 Å². The molecule has 0 bridgehead atoms. The summed E-state index contributed by atoms with van der Waals surface area (Å²) < 4.78 is 53.5. The minimum Gasteiger partial charge on any atom is -0.301 e. The van der Waals surface area contributed by atoms with Crippen LogP contribution in [0.1, 0.15) is 13.8 Å². The molecular formula is C15H23F2N3O2S. The fraction of sp³-hybridized carbons (Fsp3) is 0.600. The summed E-state index contributed by atoms with van der Waals surface area (Å²) in [6.45, 7) is 8.83. The van der Waals surface area contributed by atoms with Crippen LogP contribution < -0.4 is 4.72 Å². The summed E-state index contributed by atoms with van der Waals surface area (Å²) in [6, 6.07) is 3.12. The Balaban J connectivity index is 1.95. The number of hydrogen-bond acceptors (Lipinski definition) is 4. The lowest BCUT2D eigenvalue weighted by Crippen LogP contribution is -2.52. The van der Waals surface area contributed by atoms with Crippen molar-refractivity contribution in [2.45, 2.75) is 24.8 Å². The Kier molecular flexibility index (Phi) is 6.07. The van der Waals surface area contributed by atoms with Gasteiger partial charge in [-0.25, -0.2) is 21.9 Å². The lowest BCUT2D eigenvalue weighted by Gasteiger charge is -2.37. The van der Waals surface area contributed by atoms with Crippen molar-refractivity contribution in [3.05, 3.63) is 29.8 Å². The Morgan fingerprint density at radius 3 is 2.48 bits per heavy atom. The zero-order valence-electron chi connectivity index (χ0n) is 13.4. The Morgan fingerprint density at radius 1 is 1.22 bits per heavy atom. The predicted molar refractivity (Wildman–Crippen MR) is 84.7 cm³/mol. The van der Waals surface area contributed by atoms with Crippen LogP contribution in [0.3, 0.4) is 0 Å². The molecule has 5 nitrogen and oxygen atoms in total. The Bertz CT molecular complexity index is 632. The van der Waals surface area contributed by atoms with Gasteiger partial charge in [0.15, 0.2) is 11.6 Å². The van der Waals surface area contributed by atoms with Gasteiger partial charge in [0.1, 0.15) is 4.90 Å². The van der Waals surface area contributed by atoms with E-state index in [-0.39, 0.29) is 12.6 Å². The molecule has 0 spiro atoms. The second-order valence-electron chi connectivity index (χ2n) is 5.72. The Labute approximate surface area is 136 Å². The van der Waals surface area contributed by atoms with Crippen LogP contribution in [0, 0.1) is 11.6 Å². The van der Waals surface area contributed by atoms with E-state index in [0.717, 1.165) is 44.9 Å². The average Bonchev–Trinajstić information content (AvgIpc) is 2.55. The summed E-state index contributed by atoms with van der Waals surface area (Å²) in [5.41, 5.74) is 0. The lowest BCUT2D eigenvalue weighted by atomic mass is 10.2. The first kappa shape index (κ1) is 18.3. The van der Waals surface area contributed by atoms with Gasteiger partial charge < -0.3 is 4.90 Å². The zero-order chi connectivity index (χ0) is 17.0. The van der Waals surface area contributed by atoms with E-state index in [1.165, 1.54) is 6.07 Å². The molecule has 1 aliphatic rings. The second kappa shape index (κ2) is 7.65. The maximum Gasteiger partial charge on any atom is 0.243 e. The first-order chi connectivity index (χ1) is 10.8. The molecule has 8 heteroatoms. The molecule has 23 heavy (non-hydrogen) atoms. The van der Waals surface area contributed by atoms with Crippen molar-refractivity contribution in [2.24, 2.45) is 0 Å². The molecule has 1 N–H and O–H groups in total. The fourth-order valence-corrected chi connectivity index (χ4v) is 3.86. The predicted octanol–water partition coefficient (Wildman–Crippen LogP) is 1.27. The zero-order valence-corrected chi connectivity index (χ0v) is 14.2. The summed E-state index contributed by atoms with van der Waals surface area (Å²) in [5.74, 6) is -2.51. The van der Waals surface area contributed by atoms with Gasteiger partial charge >= 0.3 is 0 Å². The van der Waals surface area contributed by atoms with Gasteiger partial charge in [0.25, 0.3) is 0 Å². The summed E-state index contributed by atoms with van der Waals surface area (Å²) in [4.78, 5) is 3.87. The van der Waals surface area contributed by atoms with Crippen molar-refractivity contribution in [3.63, 3.8) is 0 Å². The van der Waals surface area contributed by atoms with E-state index in [0.29, 0.717) is 0 Å². The van der Waals surface area contributed by atoms with Crippen molar-refractivity contribution >= 4 is 10.0 Å². The second-order valence-corrected chi connectivity index (χ2v) is 7.46. The minimum absolute atomic E-state index is 0.0135. The lowest BCUT2D eigenvalue weighted by molar-refractivity contribution is 0.107. The molecule has 1 saturated heterocycles. The van der Waals surface area contributed by atoms with E-state index in [4.69, 9.17) is 0 Å². The van der Waals surface area contributed by atoms with E-state index in [2.05, 4.69) is 21.4 Å². The van der Waals surface area contributed by atoms with Crippen molar-refractivity contribution in [1.82, 2.24) is 14.5 Å². The highest BCUT2D eigenvalue weighted by atomic mass is 32.2. The maximum absolute atomic E-state index is 13.6. The third-order valence-electron chi connectivity index (χ3n) is 4.25. The summed E-state index contributed by atoms with van der Waals surface area (Å²) in [5, 5.41) is 0. The van der Waals surface area contributed by atoms with Gasteiger partial charge in [-0.1, -0.05) is 13.0 Å². The molecule has 1 aromatic rings.